The molecule has 0 atom stereocenters. The van der Waals surface area contributed by atoms with Crippen LogP contribution in [0.4, 0.5) is 5.69 Å². The first kappa shape index (κ1) is 24.9. The molecule has 0 saturated carbocycles. The van der Waals surface area contributed by atoms with Crippen molar-refractivity contribution in [1.82, 2.24) is 19.6 Å². The molecule has 1 amide bonds. The Kier molecular flexibility index (Phi) is 6.64. The highest BCUT2D eigenvalue weighted by atomic mass is 35.5. The van der Waals surface area contributed by atoms with E-state index in [0.29, 0.717) is 40.8 Å². The van der Waals surface area contributed by atoms with Gasteiger partial charge in [-0.25, -0.2) is 4.68 Å². The van der Waals surface area contributed by atoms with Gasteiger partial charge in [0.1, 0.15) is 5.69 Å². The smallest absolute Gasteiger partial charge is 0.272 e. The summed E-state index contributed by atoms with van der Waals surface area (Å²) in [5, 5.41) is 16.2. The quantitative estimate of drug-likeness (QED) is 0.253. The molecule has 0 radical (unpaired) electrons. The van der Waals surface area contributed by atoms with E-state index in [-0.39, 0.29) is 18.4 Å². The van der Waals surface area contributed by atoms with Crippen LogP contribution in [0.3, 0.4) is 0 Å². The summed E-state index contributed by atoms with van der Waals surface area (Å²) in [6, 6.07) is 21.0. The molecule has 3 aromatic carbocycles. The third kappa shape index (κ3) is 5.04. The Hall–Kier alpha value is -4.41. The molecule has 2 aliphatic rings. The highest BCUT2D eigenvalue weighted by Gasteiger charge is 2.27. The van der Waals surface area contributed by atoms with Gasteiger partial charge in [-0.2, -0.15) is 5.10 Å². The van der Waals surface area contributed by atoms with Gasteiger partial charge in [-0.05, 0) is 48.0 Å². The molecule has 0 spiro atoms. The zero-order valence-electron chi connectivity index (χ0n) is 20.8. The molecule has 11 heteroatoms. The molecule has 0 N–H and O–H groups in total. The topological polar surface area (TPSA) is 103 Å². The SMILES string of the molecule is O=C(c1cc(-c2ccc([N+](=O)[O-])cc2)nn1-c1ccccc1Cl)N1CCN(Cc2ccc3c(c2)OCO3)CC1. The number of benzene rings is 3. The molecule has 39 heavy (non-hydrogen) atoms. The van der Waals surface area contributed by atoms with E-state index < -0.39 is 4.92 Å². The van der Waals surface area contributed by atoms with Crippen molar-refractivity contribution in [3.63, 3.8) is 0 Å². The Balaban J connectivity index is 1.22. The number of halogens is 1. The predicted octanol–water partition coefficient (Wildman–Crippen LogP) is 4.79. The number of nitrogens with zero attached hydrogens (tertiary/aromatic N) is 5. The van der Waals surface area contributed by atoms with Gasteiger partial charge >= 0.3 is 0 Å². The lowest BCUT2D eigenvalue weighted by Gasteiger charge is -2.34. The summed E-state index contributed by atoms with van der Waals surface area (Å²) in [7, 11) is 0. The lowest BCUT2D eigenvalue weighted by Crippen LogP contribution is -2.48. The van der Waals surface area contributed by atoms with Crippen molar-refractivity contribution in [2.45, 2.75) is 6.54 Å². The fraction of sp³-hybridized carbons (Fsp3) is 0.214. The molecule has 0 unspecified atom stereocenters. The summed E-state index contributed by atoms with van der Waals surface area (Å²) >= 11 is 6.48. The molecule has 4 aromatic rings. The van der Waals surface area contributed by atoms with Crippen LogP contribution in [0.1, 0.15) is 16.1 Å². The number of aromatic nitrogens is 2. The third-order valence-electron chi connectivity index (χ3n) is 6.89. The zero-order valence-corrected chi connectivity index (χ0v) is 21.6. The lowest BCUT2D eigenvalue weighted by molar-refractivity contribution is -0.384. The normalized spacial score (nSPS) is 14.9. The molecule has 1 aromatic heterocycles. The fourth-order valence-corrected chi connectivity index (χ4v) is 5.02. The number of piperazine rings is 1. The number of amides is 1. The lowest BCUT2D eigenvalue weighted by atomic mass is 10.1. The van der Waals surface area contributed by atoms with Gasteiger partial charge in [0.05, 0.1) is 21.3 Å². The maximum Gasteiger partial charge on any atom is 0.272 e. The van der Waals surface area contributed by atoms with Crippen molar-refractivity contribution in [2.75, 3.05) is 33.0 Å². The molecule has 198 valence electrons. The minimum Gasteiger partial charge on any atom is -0.454 e. The summed E-state index contributed by atoms with van der Waals surface area (Å²) in [5.74, 6) is 1.37. The van der Waals surface area contributed by atoms with Crippen LogP contribution in [0.15, 0.2) is 72.8 Å². The highest BCUT2D eigenvalue weighted by molar-refractivity contribution is 6.32. The van der Waals surface area contributed by atoms with Gasteiger partial charge in [0.2, 0.25) is 6.79 Å². The van der Waals surface area contributed by atoms with Gasteiger partial charge < -0.3 is 14.4 Å². The number of para-hydroxylation sites is 1. The Morgan fingerprint density at radius 3 is 2.44 bits per heavy atom. The molecule has 1 fully saturated rings. The molecule has 2 aliphatic heterocycles. The predicted molar refractivity (Wildman–Crippen MR) is 144 cm³/mol. The first-order chi connectivity index (χ1) is 19.0. The van der Waals surface area contributed by atoms with Gasteiger partial charge in [0.15, 0.2) is 11.5 Å². The van der Waals surface area contributed by atoms with Crippen molar-refractivity contribution in [3.05, 3.63) is 99.2 Å². The Morgan fingerprint density at radius 2 is 1.69 bits per heavy atom. The van der Waals surface area contributed by atoms with Crippen LogP contribution in [0.25, 0.3) is 16.9 Å². The van der Waals surface area contributed by atoms with E-state index >= 15 is 0 Å². The second-order valence-electron chi connectivity index (χ2n) is 9.34. The molecule has 0 aliphatic carbocycles. The van der Waals surface area contributed by atoms with E-state index in [9.17, 15) is 14.9 Å². The number of nitro groups is 1. The second kappa shape index (κ2) is 10.4. The van der Waals surface area contributed by atoms with Crippen molar-refractivity contribution >= 4 is 23.2 Å². The Bertz CT molecular complexity index is 1550. The van der Waals surface area contributed by atoms with E-state index in [2.05, 4.69) is 10.00 Å². The minimum atomic E-state index is -0.451. The number of nitro benzene ring substituents is 1. The molecule has 0 bridgehead atoms. The van der Waals surface area contributed by atoms with Gasteiger partial charge in [0.25, 0.3) is 11.6 Å². The first-order valence-corrected chi connectivity index (χ1v) is 12.8. The number of hydrogen-bond donors (Lipinski definition) is 0. The van der Waals surface area contributed by atoms with Crippen molar-refractivity contribution in [2.24, 2.45) is 0 Å². The zero-order chi connectivity index (χ0) is 26.9. The van der Waals surface area contributed by atoms with Crippen molar-refractivity contribution in [1.29, 1.82) is 0 Å². The molecular weight excluding hydrogens is 522 g/mol. The maximum atomic E-state index is 13.8. The Labute approximate surface area is 229 Å². The largest absolute Gasteiger partial charge is 0.454 e. The average molecular weight is 546 g/mol. The first-order valence-electron chi connectivity index (χ1n) is 12.5. The standard InChI is InChI=1S/C28H24ClN5O5/c29-22-3-1-2-4-24(22)33-25(16-23(30-33)20-6-8-21(9-7-20)34(36)37)28(35)32-13-11-31(12-14-32)17-19-5-10-26-27(15-19)39-18-38-26/h1-10,15-16H,11-14,17-18H2. The summed E-state index contributed by atoms with van der Waals surface area (Å²) in [6.45, 7) is 3.55. The molecule has 6 rings (SSSR count). The van der Waals surface area contributed by atoms with Gasteiger partial charge in [-0.1, -0.05) is 29.8 Å². The molecule has 3 heterocycles. The Morgan fingerprint density at radius 1 is 0.949 bits per heavy atom. The average Bonchev–Trinajstić information content (AvgIpc) is 3.61. The molecule has 1 saturated heterocycles. The van der Waals surface area contributed by atoms with Crippen molar-refractivity contribution < 1.29 is 19.2 Å². The van der Waals surface area contributed by atoms with Crippen LogP contribution in [-0.2, 0) is 6.54 Å². The minimum absolute atomic E-state index is 0.0146. The van der Waals surface area contributed by atoms with E-state index in [1.807, 2.05) is 35.2 Å². The molecular formula is C28H24ClN5O5. The number of ether oxygens (including phenoxy) is 2. The fourth-order valence-electron chi connectivity index (χ4n) is 4.80. The van der Waals surface area contributed by atoms with Crippen LogP contribution in [0, 0.1) is 10.1 Å². The third-order valence-corrected chi connectivity index (χ3v) is 7.21. The van der Waals surface area contributed by atoms with E-state index in [1.165, 1.54) is 12.1 Å². The monoisotopic (exact) mass is 545 g/mol. The number of hydrogen-bond acceptors (Lipinski definition) is 7. The van der Waals surface area contributed by atoms with Crippen molar-refractivity contribution in [3.8, 4) is 28.4 Å². The van der Waals surface area contributed by atoms with Gasteiger partial charge in [0, 0.05) is 50.4 Å². The van der Waals surface area contributed by atoms with E-state index in [4.69, 9.17) is 21.1 Å². The second-order valence-corrected chi connectivity index (χ2v) is 9.75. The van der Waals surface area contributed by atoms with Crippen LogP contribution < -0.4 is 9.47 Å². The van der Waals surface area contributed by atoms with E-state index in [0.717, 1.165) is 36.7 Å². The summed E-state index contributed by atoms with van der Waals surface area (Å²) in [6.07, 6.45) is 0. The molecule has 10 nitrogen and oxygen atoms in total. The highest BCUT2D eigenvalue weighted by Crippen LogP contribution is 2.33. The van der Waals surface area contributed by atoms with Crippen LogP contribution in [0.2, 0.25) is 5.02 Å². The summed E-state index contributed by atoms with van der Waals surface area (Å²) < 4.78 is 12.4. The number of carbonyl (C=O) groups excluding carboxylic acids is 1. The summed E-state index contributed by atoms with van der Waals surface area (Å²) in [5.41, 5.74) is 3.25. The van der Waals surface area contributed by atoms with E-state index in [1.54, 1.807) is 35.0 Å². The van der Waals surface area contributed by atoms with Gasteiger partial charge in [-0.15, -0.1) is 0 Å². The van der Waals surface area contributed by atoms with Crippen LogP contribution in [-0.4, -0.2) is 63.4 Å². The number of non-ortho nitro benzene ring substituents is 1. The van der Waals surface area contributed by atoms with Crippen LogP contribution >= 0.6 is 11.6 Å². The van der Waals surface area contributed by atoms with Crippen LogP contribution in [0.5, 0.6) is 11.5 Å². The number of carbonyl (C=O) groups is 1. The number of rotatable bonds is 6. The van der Waals surface area contributed by atoms with Gasteiger partial charge in [-0.3, -0.25) is 19.8 Å². The number of fused-ring (bicyclic) bond motifs is 1. The maximum absolute atomic E-state index is 13.8. The summed E-state index contributed by atoms with van der Waals surface area (Å²) in [4.78, 5) is 28.5.